The van der Waals surface area contributed by atoms with Crippen molar-refractivity contribution in [3.63, 3.8) is 0 Å². The van der Waals surface area contributed by atoms with Crippen LogP contribution in [0.2, 0.25) is 0 Å². The molecule has 2 aromatic rings. The molecule has 0 bridgehead atoms. The van der Waals surface area contributed by atoms with Crippen LogP contribution in [-0.4, -0.2) is 36.0 Å². The molecule has 1 aliphatic carbocycles. The van der Waals surface area contributed by atoms with Gasteiger partial charge >= 0.3 is 11.9 Å². The van der Waals surface area contributed by atoms with Gasteiger partial charge in [-0.2, -0.15) is 0 Å². The van der Waals surface area contributed by atoms with Crippen molar-refractivity contribution in [3.8, 4) is 11.6 Å². The van der Waals surface area contributed by atoms with Crippen molar-refractivity contribution < 1.29 is 14.3 Å². The molecule has 0 atom stereocenters. The van der Waals surface area contributed by atoms with Crippen LogP contribution in [0.4, 0.5) is 10.5 Å². The molecule has 1 aromatic carbocycles. The summed E-state index contributed by atoms with van der Waals surface area (Å²) in [6, 6.07) is 11.2. The Bertz CT molecular complexity index is 1020. The fraction of sp³-hybridized carbons (Fsp3) is 0.417. The Morgan fingerprint density at radius 1 is 1.09 bits per heavy atom. The number of nitrogens with zero attached hydrogens (tertiary/aromatic N) is 3. The number of carbonyl (C=O) groups excluding carboxylic acids is 2. The summed E-state index contributed by atoms with van der Waals surface area (Å²) in [6.07, 6.45) is 4.72. The highest BCUT2D eigenvalue weighted by Gasteiger charge is 2.18. The molecular formula is C24H30N6O4. The van der Waals surface area contributed by atoms with Gasteiger partial charge in [0.25, 0.3) is 0 Å². The molecule has 0 unspecified atom stereocenters. The molecule has 1 saturated carbocycles. The van der Waals surface area contributed by atoms with Crippen LogP contribution < -0.4 is 20.7 Å². The minimum atomic E-state index is -0.959. The van der Waals surface area contributed by atoms with Gasteiger partial charge < -0.3 is 15.4 Å². The van der Waals surface area contributed by atoms with Crippen molar-refractivity contribution >= 4 is 23.6 Å². The number of hydrogen-bond donors (Lipinski definition) is 3. The lowest BCUT2D eigenvalue weighted by atomic mass is 9.83. The number of pyridine rings is 1. The number of amides is 3. The number of carbonyl (C=O) groups is 2. The lowest BCUT2D eigenvalue weighted by molar-refractivity contribution is 0.0995. The quantitative estimate of drug-likeness (QED) is 0.308. The van der Waals surface area contributed by atoms with Crippen LogP contribution in [0.3, 0.4) is 0 Å². The fourth-order valence-corrected chi connectivity index (χ4v) is 3.66. The van der Waals surface area contributed by atoms with E-state index in [0.717, 1.165) is 18.8 Å². The van der Waals surface area contributed by atoms with Gasteiger partial charge in [-0.1, -0.05) is 25.8 Å². The molecule has 1 aromatic heterocycles. The van der Waals surface area contributed by atoms with E-state index in [1.165, 1.54) is 18.9 Å². The van der Waals surface area contributed by atoms with Gasteiger partial charge in [0.05, 0.1) is 0 Å². The maximum Gasteiger partial charge on any atom is 0.335 e. The van der Waals surface area contributed by atoms with Gasteiger partial charge in [0.2, 0.25) is 11.8 Å². The van der Waals surface area contributed by atoms with Gasteiger partial charge in [0.15, 0.2) is 0 Å². The number of anilines is 1. The summed E-state index contributed by atoms with van der Waals surface area (Å²) in [6.45, 7) is 5.29. The zero-order valence-corrected chi connectivity index (χ0v) is 19.4. The third kappa shape index (κ3) is 7.65. The smallest absolute Gasteiger partial charge is 0.335 e. The third-order valence-electron chi connectivity index (χ3n) is 5.58. The van der Waals surface area contributed by atoms with Gasteiger partial charge in [-0.05, 0) is 61.9 Å². The predicted octanol–water partition coefficient (Wildman–Crippen LogP) is 4.69. The van der Waals surface area contributed by atoms with Crippen molar-refractivity contribution in [1.82, 2.24) is 15.6 Å². The first-order valence-corrected chi connectivity index (χ1v) is 11.5. The van der Waals surface area contributed by atoms with Crippen molar-refractivity contribution in [2.75, 3.05) is 18.4 Å². The van der Waals surface area contributed by atoms with Gasteiger partial charge in [-0.3, -0.25) is 15.1 Å². The number of guanidine groups is 1. The molecule has 10 nitrogen and oxygen atoms in total. The Kier molecular flexibility index (Phi) is 9.07. The predicted molar refractivity (Wildman–Crippen MR) is 130 cm³/mol. The van der Waals surface area contributed by atoms with E-state index in [1.807, 2.05) is 6.92 Å². The first kappa shape index (κ1) is 24.8. The number of hydrogen-bond acceptors (Lipinski definition) is 6. The van der Waals surface area contributed by atoms with E-state index in [2.05, 4.69) is 38.0 Å². The number of nitrogens with one attached hydrogen (secondary N) is 3. The van der Waals surface area contributed by atoms with E-state index >= 15 is 0 Å². The van der Waals surface area contributed by atoms with Gasteiger partial charge in [-0.15, -0.1) is 4.91 Å². The highest BCUT2D eigenvalue weighted by Crippen LogP contribution is 2.28. The summed E-state index contributed by atoms with van der Waals surface area (Å²) < 4.78 is 5.66. The van der Waals surface area contributed by atoms with E-state index < -0.39 is 5.91 Å². The molecule has 34 heavy (non-hydrogen) atoms. The Labute approximate surface area is 198 Å². The number of nitroso groups, excluding NO2 is 1. The van der Waals surface area contributed by atoms with Crippen LogP contribution in [0.1, 0.15) is 50.0 Å². The first-order valence-electron chi connectivity index (χ1n) is 11.5. The van der Waals surface area contributed by atoms with Crippen LogP contribution in [0.25, 0.3) is 0 Å². The topological polar surface area (TPSA) is 134 Å². The third-order valence-corrected chi connectivity index (χ3v) is 5.58. The van der Waals surface area contributed by atoms with Crippen LogP contribution in [0, 0.1) is 16.7 Å². The van der Waals surface area contributed by atoms with Crippen LogP contribution in [0.15, 0.2) is 52.6 Å². The molecule has 0 spiro atoms. The van der Waals surface area contributed by atoms with Crippen molar-refractivity contribution in [2.45, 2.75) is 39.5 Å². The number of urea groups is 1. The molecule has 1 heterocycles. The molecule has 3 N–H and O–H groups in total. The molecule has 0 saturated heterocycles. The first-order chi connectivity index (χ1) is 16.5. The van der Waals surface area contributed by atoms with E-state index in [9.17, 15) is 14.5 Å². The van der Waals surface area contributed by atoms with Gasteiger partial charge in [0, 0.05) is 30.0 Å². The van der Waals surface area contributed by atoms with E-state index in [-0.39, 0.29) is 17.6 Å². The molecule has 3 rings (SSSR count). The summed E-state index contributed by atoms with van der Waals surface area (Å²) >= 11 is 0. The van der Waals surface area contributed by atoms with Crippen LogP contribution in [0.5, 0.6) is 11.6 Å². The minimum Gasteiger partial charge on any atom is -0.439 e. The zero-order valence-electron chi connectivity index (χ0n) is 19.4. The number of rotatable bonds is 7. The second kappa shape index (κ2) is 12.4. The highest BCUT2D eigenvalue weighted by molar-refractivity contribution is 6.03. The van der Waals surface area contributed by atoms with E-state index in [4.69, 9.17) is 4.74 Å². The Morgan fingerprint density at radius 3 is 2.50 bits per heavy atom. The number of ether oxygens (including phenoxy) is 1. The summed E-state index contributed by atoms with van der Waals surface area (Å²) in [4.78, 5) is 42.5. The number of aliphatic imine (C=N–C) groups is 1. The average molecular weight is 467 g/mol. The second-order valence-corrected chi connectivity index (χ2v) is 8.31. The molecule has 0 aliphatic heterocycles. The van der Waals surface area contributed by atoms with Crippen molar-refractivity contribution in [1.29, 1.82) is 0 Å². The summed E-state index contributed by atoms with van der Waals surface area (Å²) in [5.41, 5.74) is 0.623. The SMILES string of the molecule is CCNC(=O)NC(=NCC1CCC(C)CC1)Nc1ccc(Oc2cccc(C(=O)N=O)n2)cc1. The highest BCUT2D eigenvalue weighted by atomic mass is 16.5. The zero-order chi connectivity index (χ0) is 24.3. The van der Waals surface area contributed by atoms with E-state index in [0.29, 0.717) is 36.4 Å². The molecular weight excluding hydrogens is 436 g/mol. The second-order valence-electron chi connectivity index (χ2n) is 8.31. The number of benzene rings is 1. The molecule has 3 amide bonds. The van der Waals surface area contributed by atoms with Crippen LogP contribution in [-0.2, 0) is 0 Å². The minimum absolute atomic E-state index is 0.0875. The maximum atomic E-state index is 12.1. The lowest BCUT2D eigenvalue weighted by Crippen LogP contribution is -2.43. The maximum absolute atomic E-state index is 12.1. The number of aromatic nitrogens is 1. The summed E-state index contributed by atoms with van der Waals surface area (Å²) in [5, 5.41) is 11.0. The largest absolute Gasteiger partial charge is 0.439 e. The summed E-state index contributed by atoms with van der Waals surface area (Å²) in [7, 11) is 0. The standard InChI is InChI=1S/C24H30N6O4/c1-3-25-24(32)29-23(26-15-17-9-7-16(2)8-10-17)27-18-11-13-19(14-12-18)34-21-6-4-5-20(28-21)22(31)30-33/h4-6,11-14,16-17H,3,7-10,15H2,1-2H3,(H3,25,26,27,29,32). The normalized spacial score (nSPS) is 18.0. The summed E-state index contributed by atoms with van der Waals surface area (Å²) in [5.74, 6) is 1.35. The lowest BCUT2D eigenvalue weighted by Gasteiger charge is -2.25. The van der Waals surface area contributed by atoms with Gasteiger partial charge in [0.1, 0.15) is 11.4 Å². The Morgan fingerprint density at radius 2 is 1.82 bits per heavy atom. The Hall–Kier alpha value is -3.82. The van der Waals surface area contributed by atoms with Crippen molar-refractivity contribution in [2.24, 2.45) is 22.0 Å². The molecule has 180 valence electrons. The van der Waals surface area contributed by atoms with Crippen LogP contribution >= 0.6 is 0 Å². The average Bonchev–Trinajstić information content (AvgIpc) is 2.84. The monoisotopic (exact) mass is 466 g/mol. The van der Waals surface area contributed by atoms with E-state index in [1.54, 1.807) is 36.4 Å². The van der Waals surface area contributed by atoms with Gasteiger partial charge in [-0.25, -0.2) is 9.78 Å². The molecule has 1 fully saturated rings. The van der Waals surface area contributed by atoms with Crippen molar-refractivity contribution in [3.05, 3.63) is 53.1 Å². The molecule has 10 heteroatoms. The fourth-order valence-electron chi connectivity index (χ4n) is 3.66. The molecule has 1 aliphatic rings. The molecule has 0 radical (unpaired) electrons. The Balaban J connectivity index is 1.65.